The van der Waals surface area contributed by atoms with Crippen molar-refractivity contribution >= 4 is 28.5 Å². The fourth-order valence-electron chi connectivity index (χ4n) is 11.6. The first kappa shape index (κ1) is 63.7. The van der Waals surface area contributed by atoms with Gasteiger partial charge in [0.2, 0.25) is 5.43 Å². The highest BCUT2D eigenvalue weighted by Gasteiger charge is 2.51. The van der Waals surface area contributed by atoms with E-state index >= 15 is 4.39 Å². The molecule has 3 aliphatic heterocycles. The van der Waals surface area contributed by atoms with E-state index < -0.39 is 107 Å². The Hall–Kier alpha value is -3.46. The number of hydrogen-bond acceptors (Lipinski definition) is 19. The van der Waals surface area contributed by atoms with Crippen molar-refractivity contribution in [3.05, 3.63) is 39.9 Å². The number of likely N-dealkylation sites (N-methyl/N-ethyl adjacent to an activating group) is 2. The quantitative estimate of drug-likeness (QED) is 0.0733. The maximum absolute atomic E-state index is 15.1. The highest BCUT2D eigenvalue weighted by atomic mass is 19.1. The van der Waals surface area contributed by atoms with Crippen molar-refractivity contribution in [1.29, 1.82) is 0 Å². The van der Waals surface area contributed by atoms with Gasteiger partial charge >= 0.3 is 11.9 Å². The summed E-state index contributed by atoms with van der Waals surface area (Å²) in [4.78, 5) is 42.8. The molecule has 22 heteroatoms. The first-order valence-corrected chi connectivity index (χ1v) is 27.9. The zero-order valence-corrected chi connectivity index (χ0v) is 48.2. The molecule has 4 aliphatic rings. The molecule has 1 aromatic carbocycles. The molecule has 4 heterocycles. The molecule has 1 aromatic heterocycles. The summed E-state index contributed by atoms with van der Waals surface area (Å²) < 4.78 is 67.7. The maximum Gasteiger partial charge on any atom is 0.341 e. The lowest BCUT2D eigenvalue weighted by Crippen LogP contribution is -2.59. The second-order valence-corrected chi connectivity index (χ2v) is 23.5. The largest absolute Gasteiger partial charge is 0.477 e. The smallest absolute Gasteiger partial charge is 0.341 e. The van der Waals surface area contributed by atoms with Crippen LogP contribution in [0.15, 0.2) is 23.1 Å². The molecule has 78 heavy (non-hydrogen) atoms. The van der Waals surface area contributed by atoms with Crippen LogP contribution < -0.4 is 16.1 Å². The number of pyridine rings is 1. The second-order valence-electron chi connectivity index (χ2n) is 23.5. The van der Waals surface area contributed by atoms with Crippen LogP contribution in [-0.4, -0.2) is 216 Å². The van der Waals surface area contributed by atoms with E-state index in [1.54, 1.807) is 45.4 Å². The van der Waals surface area contributed by atoms with Gasteiger partial charge in [0.25, 0.3) is 0 Å². The molecule has 21 nitrogen and oxygen atoms in total. The Labute approximate surface area is 459 Å². The number of carboxylic acids is 1. The Balaban J connectivity index is 1.09. The number of nitrogens with one attached hydrogen (secondary N) is 2. The van der Waals surface area contributed by atoms with Crippen molar-refractivity contribution in [2.75, 3.05) is 79.6 Å². The molecule has 0 unspecified atom stereocenters. The van der Waals surface area contributed by atoms with Gasteiger partial charge in [-0.3, -0.25) is 9.59 Å². The summed E-state index contributed by atoms with van der Waals surface area (Å²) in [5, 5.41) is 63.7. The third kappa shape index (κ3) is 15.3. The van der Waals surface area contributed by atoms with Crippen LogP contribution >= 0.6 is 0 Å². The number of hydrogen-bond donors (Lipinski definition) is 7. The van der Waals surface area contributed by atoms with E-state index in [1.165, 1.54) is 13.1 Å². The number of carbonyl (C=O) groups excluding carboxylic acids is 1. The zero-order chi connectivity index (χ0) is 57.6. The second kappa shape index (κ2) is 27.1. The van der Waals surface area contributed by atoms with E-state index in [9.17, 15) is 39.9 Å². The Kier molecular flexibility index (Phi) is 22.1. The lowest BCUT2D eigenvalue weighted by atomic mass is 9.83. The molecular formula is C56H92FN5O16. The predicted molar refractivity (Wildman–Crippen MR) is 289 cm³/mol. The number of aromatic carboxylic acids is 1. The van der Waals surface area contributed by atoms with E-state index in [-0.39, 0.29) is 86.2 Å². The summed E-state index contributed by atoms with van der Waals surface area (Å²) in [5.41, 5.74) is -4.80. The fourth-order valence-corrected chi connectivity index (χ4v) is 11.6. The Bertz CT molecular complexity index is 2360. The topological polar surface area (TPSA) is 262 Å². The van der Waals surface area contributed by atoms with Crippen LogP contribution in [0.25, 0.3) is 10.9 Å². The Morgan fingerprint density at radius 1 is 0.949 bits per heavy atom. The predicted octanol–water partition coefficient (Wildman–Crippen LogP) is 3.88. The van der Waals surface area contributed by atoms with Gasteiger partial charge in [-0.15, -0.1) is 0 Å². The van der Waals surface area contributed by atoms with Crippen LogP contribution in [0.5, 0.6) is 0 Å². The first-order valence-electron chi connectivity index (χ1n) is 27.9. The number of ether oxygens (including phenoxy) is 8. The number of carbonyl (C=O) groups is 2. The molecule has 6 rings (SSSR count). The molecular weight excluding hydrogens is 1020 g/mol. The number of nitrogens with zero attached hydrogens (tertiary/aromatic N) is 3. The van der Waals surface area contributed by atoms with Gasteiger partial charge in [-0.2, -0.15) is 0 Å². The summed E-state index contributed by atoms with van der Waals surface area (Å²) in [5.74, 6) is -3.92. The normalized spacial score (nSPS) is 37.0. The fraction of sp³-hybridized carbons (Fsp3) is 0.804. The van der Waals surface area contributed by atoms with Crippen LogP contribution in [0.4, 0.5) is 10.1 Å². The molecule has 4 fully saturated rings. The summed E-state index contributed by atoms with van der Waals surface area (Å²) in [7, 11) is 7.18. The van der Waals surface area contributed by atoms with E-state index in [0.717, 1.165) is 18.9 Å². The summed E-state index contributed by atoms with van der Waals surface area (Å²) in [6.07, 6.45) is -4.97. The molecule has 1 aliphatic carbocycles. The van der Waals surface area contributed by atoms with Crippen LogP contribution in [0.1, 0.15) is 124 Å². The summed E-state index contributed by atoms with van der Waals surface area (Å²) in [6.45, 7) is 18.6. The highest BCUT2D eigenvalue weighted by Crippen LogP contribution is 2.40. The van der Waals surface area contributed by atoms with Gasteiger partial charge in [-0.25, -0.2) is 9.18 Å². The van der Waals surface area contributed by atoms with E-state index in [4.69, 9.17) is 37.9 Å². The van der Waals surface area contributed by atoms with Gasteiger partial charge in [0, 0.05) is 75.8 Å². The third-order valence-electron chi connectivity index (χ3n) is 16.6. The molecule has 444 valence electrons. The number of carboxylic acid groups (broad SMARTS) is 1. The van der Waals surface area contributed by atoms with E-state index in [2.05, 4.69) is 10.6 Å². The van der Waals surface area contributed by atoms with Crippen molar-refractivity contribution < 1.29 is 77.4 Å². The van der Waals surface area contributed by atoms with Gasteiger partial charge < -0.3 is 88.4 Å². The average Bonchev–Trinajstić information content (AvgIpc) is 4.25. The van der Waals surface area contributed by atoms with Crippen molar-refractivity contribution in [3.8, 4) is 0 Å². The van der Waals surface area contributed by atoms with Crippen LogP contribution in [0.2, 0.25) is 0 Å². The van der Waals surface area contributed by atoms with Crippen LogP contribution in [-0.2, 0) is 42.7 Å². The van der Waals surface area contributed by atoms with Crippen molar-refractivity contribution in [2.24, 2.45) is 11.8 Å². The van der Waals surface area contributed by atoms with Gasteiger partial charge in [-0.1, -0.05) is 13.8 Å². The lowest BCUT2D eigenvalue weighted by molar-refractivity contribution is -0.311. The molecule has 17 atom stereocenters. The van der Waals surface area contributed by atoms with Crippen molar-refractivity contribution in [3.63, 3.8) is 0 Å². The third-order valence-corrected chi connectivity index (χ3v) is 16.6. The molecule has 7 N–H and O–H groups in total. The molecule has 1 saturated carbocycles. The minimum absolute atomic E-state index is 0.0253. The monoisotopic (exact) mass is 1110 g/mol. The van der Waals surface area contributed by atoms with Crippen molar-refractivity contribution in [1.82, 2.24) is 19.7 Å². The number of aliphatic hydroxyl groups excluding tert-OH is 2. The number of anilines is 1. The number of cyclic esters (lactones) is 1. The molecule has 3 saturated heterocycles. The number of esters is 1. The van der Waals surface area contributed by atoms with Gasteiger partial charge in [0.1, 0.15) is 41.4 Å². The van der Waals surface area contributed by atoms with E-state index in [1.807, 2.05) is 58.6 Å². The number of rotatable bonds is 20. The lowest BCUT2D eigenvalue weighted by Gasteiger charge is -2.48. The number of halogens is 1. The molecule has 0 radical (unpaired) electrons. The van der Waals surface area contributed by atoms with Gasteiger partial charge in [-0.05, 0) is 120 Å². The first-order chi connectivity index (χ1) is 36.6. The van der Waals surface area contributed by atoms with Crippen LogP contribution in [0.3, 0.4) is 0 Å². The SMILES string of the molecule is CC[C@H]1OC(=O)[C@H](C)[C@@H](O[C@H]2C[C@@](C)(OC)[C@@H](OCCNCCOCCNc3cc4c(cc3F)c(=O)c(C(=O)O)cn4C3CC3)[C@H](C)O2)C[C@@H](O[C@@H]2O[C@H](C)C[C@H](N(C)C)[C@H]2O)[C@](C)(O)C[C@@H](C)CN(C)[C@H](C)[C@@H](O)[C@]1(C)O. The highest BCUT2D eigenvalue weighted by molar-refractivity contribution is 5.93. The van der Waals surface area contributed by atoms with Gasteiger partial charge in [0.15, 0.2) is 12.6 Å². The molecule has 2 aromatic rings. The van der Waals surface area contributed by atoms with E-state index in [0.29, 0.717) is 38.2 Å². The maximum atomic E-state index is 15.1. The standard InChI is InChI=1S/C56H92FN5O16/c1-14-44-56(9,70)49(65)34(5)61(12)29-31(2)27-54(7,69)45(78-53-48(64)42(60(10)11)23-32(3)74-53)26-43(33(4)52(68)77-44)76-46-28-55(8,71-13)50(35(6)75-46)73-22-18-58-17-20-72-21-19-59-40-25-41-37(24-39(40)57)47(63)38(51(66)67)30-62(41)36-15-16-36/h24-25,30-36,42-46,48-50,53,58-59,64-65,69-70H,14-23,26-29H2,1-13H3,(H,66,67)/t31-,32-,33-,34-,35+,42+,43+,44-,45-,46+,48-,49-,50+,53+,54-,55-,56-/m1/s1. The Morgan fingerprint density at radius 2 is 1.63 bits per heavy atom. The van der Waals surface area contributed by atoms with Gasteiger partial charge in [0.05, 0.1) is 72.6 Å². The summed E-state index contributed by atoms with van der Waals surface area (Å²) in [6, 6.07) is 1.83. The molecule has 0 amide bonds. The Morgan fingerprint density at radius 3 is 2.27 bits per heavy atom. The number of fused-ring (bicyclic) bond motifs is 1. The number of benzene rings is 1. The number of aliphatic hydroxyl groups is 4. The minimum atomic E-state index is -1.84. The molecule has 0 bridgehead atoms. The average molecular weight is 1110 g/mol. The van der Waals surface area contributed by atoms with Crippen LogP contribution in [0, 0.1) is 17.7 Å². The minimum Gasteiger partial charge on any atom is -0.477 e. The number of methoxy groups -OCH3 is 1. The number of aromatic nitrogens is 1. The van der Waals surface area contributed by atoms with Crippen molar-refractivity contribution in [2.45, 2.75) is 204 Å². The summed E-state index contributed by atoms with van der Waals surface area (Å²) >= 11 is 0. The zero-order valence-electron chi connectivity index (χ0n) is 48.2. The molecule has 0 spiro atoms.